The molecule has 1 aromatic heterocycles. The van der Waals surface area contributed by atoms with Gasteiger partial charge in [-0.1, -0.05) is 0 Å². The molecule has 0 unspecified atom stereocenters. The maximum absolute atomic E-state index is 11.8. The number of ether oxygens (including phenoxy) is 1. The molecule has 0 fully saturated rings. The molecule has 0 bridgehead atoms. The van der Waals surface area contributed by atoms with Gasteiger partial charge in [0.25, 0.3) is 0 Å². The van der Waals surface area contributed by atoms with Gasteiger partial charge in [-0.2, -0.15) is 0 Å². The first-order valence-electron chi connectivity index (χ1n) is 6.99. The van der Waals surface area contributed by atoms with Crippen LogP contribution in [0.15, 0.2) is 18.2 Å². The van der Waals surface area contributed by atoms with Crippen LogP contribution in [0.2, 0.25) is 0 Å². The fourth-order valence-corrected chi connectivity index (χ4v) is 3.46. The lowest BCUT2D eigenvalue weighted by Gasteiger charge is -2.08. The zero-order valence-corrected chi connectivity index (χ0v) is 12.6. The Morgan fingerprint density at radius 3 is 3.10 bits per heavy atom. The van der Waals surface area contributed by atoms with Crippen LogP contribution in [0.5, 0.6) is 0 Å². The molecule has 3 N–H and O–H groups in total. The van der Waals surface area contributed by atoms with E-state index in [1.165, 1.54) is 17.0 Å². The van der Waals surface area contributed by atoms with E-state index in [1.807, 2.05) is 6.07 Å². The molecule has 0 aliphatic heterocycles. The monoisotopic (exact) mass is 303 g/mol. The molecule has 1 aliphatic rings. The van der Waals surface area contributed by atoms with Crippen molar-refractivity contribution in [2.75, 3.05) is 17.7 Å². The summed E-state index contributed by atoms with van der Waals surface area (Å²) in [5.74, 6) is -0.403. The van der Waals surface area contributed by atoms with Crippen molar-refractivity contribution in [1.82, 2.24) is 4.98 Å². The lowest BCUT2D eigenvalue weighted by Crippen LogP contribution is -2.08. The second kappa shape index (κ2) is 5.73. The molecule has 1 aromatic carbocycles. The van der Waals surface area contributed by atoms with Gasteiger partial charge >= 0.3 is 5.97 Å². The van der Waals surface area contributed by atoms with Crippen LogP contribution in [-0.4, -0.2) is 17.6 Å². The Morgan fingerprint density at radius 2 is 2.33 bits per heavy atom. The molecule has 0 radical (unpaired) electrons. The Hall–Kier alpha value is -2.08. The fraction of sp³-hybridized carbons (Fsp3) is 0.333. The summed E-state index contributed by atoms with van der Waals surface area (Å²) in [6.07, 6.45) is 3.37. The highest BCUT2D eigenvalue weighted by Gasteiger charge is 2.17. The van der Waals surface area contributed by atoms with E-state index in [2.05, 4.69) is 10.3 Å². The van der Waals surface area contributed by atoms with Crippen LogP contribution in [-0.2, 0) is 17.6 Å². The summed E-state index contributed by atoms with van der Waals surface area (Å²) in [5.41, 5.74) is 8.62. The lowest BCUT2D eigenvalue weighted by atomic mass is 10.1. The molecule has 110 valence electrons. The van der Waals surface area contributed by atoms with E-state index in [0.717, 1.165) is 23.7 Å². The number of benzene rings is 1. The number of aryl methyl sites for hydroxylation is 2. The summed E-state index contributed by atoms with van der Waals surface area (Å²) in [6.45, 7) is 2.10. The predicted molar refractivity (Wildman–Crippen MR) is 84.2 cm³/mol. The van der Waals surface area contributed by atoms with Gasteiger partial charge in [0.05, 0.1) is 17.9 Å². The van der Waals surface area contributed by atoms with Crippen molar-refractivity contribution >= 4 is 33.8 Å². The summed E-state index contributed by atoms with van der Waals surface area (Å²) >= 11 is 1.68. The van der Waals surface area contributed by atoms with Crippen LogP contribution in [0.3, 0.4) is 0 Å². The maximum atomic E-state index is 11.8. The molecule has 0 saturated carbocycles. The second-order valence-electron chi connectivity index (χ2n) is 4.89. The standard InChI is InChI=1S/C15H17N3O2S/c1-2-20-14(19)10-8-9(6-7-11(10)16)17-15-18-12-4-3-5-13(12)21-15/h6-8H,2-5,16H2,1H3,(H,17,18). The van der Waals surface area contributed by atoms with Gasteiger partial charge in [-0.15, -0.1) is 11.3 Å². The first-order valence-corrected chi connectivity index (χ1v) is 7.81. The van der Waals surface area contributed by atoms with Gasteiger partial charge in [0.15, 0.2) is 5.13 Å². The van der Waals surface area contributed by atoms with Crippen molar-refractivity contribution in [3.8, 4) is 0 Å². The van der Waals surface area contributed by atoms with Crippen LogP contribution in [0.25, 0.3) is 0 Å². The number of nitrogens with one attached hydrogen (secondary N) is 1. The van der Waals surface area contributed by atoms with Gasteiger partial charge in [0.1, 0.15) is 0 Å². The highest BCUT2D eigenvalue weighted by molar-refractivity contribution is 7.15. The van der Waals surface area contributed by atoms with Gasteiger partial charge in [0, 0.05) is 16.3 Å². The Kier molecular flexibility index (Phi) is 3.79. The van der Waals surface area contributed by atoms with Gasteiger partial charge in [-0.3, -0.25) is 0 Å². The third-order valence-electron chi connectivity index (χ3n) is 3.40. The topological polar surface area (TPSA) is 77.2 Å². The van der Waals surface area contributed by atoms with Crippen molar-refractivity contribution in [1.29, 1.82) is 0 Å². The van der Waals surface area contributed by atoms with E-state index >= 15 is 0 Å². The van der Waals surface area contributed by atoms with Crippen molar-refractivity contribution in [2.45, 2.75) is 26.2 Å². The molecule has 2 aromatic rings. The maximum Gasteiger partial charge on any atom is 0.340 e. The third-order valence-corrected chi connectivity index (χ3v) is 4.47. The molecule has 5 nitrogen and oxygen atoms in total. The molecule has 0 spiro atoms. The van der Waals surface area contributed by atoms with E-state index in [-0.39, 0.29) is 0 Å². The van der Waals surface area contributed by atoms with E-state index in [9.17, 15) is 4.79 Å². The van der Waals surface area contributed by atoms with E-state index in [0.29, 0.717) is 17.9 Å². The van der Waals surface area contributed by atoms with Crippen molar-refractivity contribution in [3.63, 3.8) is 0 Å². The molecule has 1 aliphatic carbocycles. The number of esters is 1. The number of rotatable bonds is 4. The highest BCUT2D eigenvalue weighted by atomic mass is 32.1. The normalized spacial score (nSPS) is 13.0. The number of carbonyl (C=O) groups is 1. The number of carbonyl (C=O) groups excluding carboxylic acids is 1. The average Bonchev–Trinajstić information content (AvgIpc) is 3.02. The third kappa shape index (κ3) is 2.85. The molecule has 21 heavy (non-hydrogen) atoms. The summed E-state index contributed by atoms with van der Waals surface area (Å²) in [6, 6.07) is 5.25. The van der Waals surface area contributed by atoms with Gasteiger partial charge in [-0.25, -0.2) is 9.78 Å². The number of hydrogen-bond acceptors (Lipinski definition) is 6. The molecule has 3 rings (SSSR count). The first-order chi connectivity index (χ1) is 10.2. The van der Waals surface area contributed by atoms with Crippen LogP contribution < -0.4 is 11.1 Å². The number of fused-ring (bicyclic) bond motifs is 1. The zero-order chi connectivity index (χ0) is 14.8. The number of nitrogens with zero attached hydrogens (tertiary/aromatic N) is 1. The van der Waals surface area contributed by atoms with Gasteiger partial charge < -0.3 is 15.8 Å². The van der Waals surface area contributed by atoms with Crippen LogP contribution >= 0.6 is 11.3 Å². The molecule has 0 amide bonds. The zero-order valence-electron chi connectivity index (χ0n) is 11.8. The molecule has 1 heterocycles. The minimum absolute atomic E-state index is 0.329. The van der Waals surface area contributed by atoms with E-state index in [1.54, 1.807) is 30.4 Å². The number of anilines is 3. The van der Waals surface area contributed by atoms with Crippen LogP contribution in [0.1, 0.15) is 34.3 Å². The smallest absolute Gasteiger partial charge is 0.340 e. The predicted octanol–water partition coefficient (Wildman–Crippen LogP) is 3.13. The SMILES string of the molecule is CCOC(=O)c1cc(Nc2nc3c(s2)CCC3)ccc1N. The fourth-order valence-electron chi connectivity index (χ4n) is 2.39. The highest BCUT2D eigenvalue weighted by Crippen LogP contribution is 2.32. The molecular formula is C15H17N3O2S. The largest absolute Gasteiger partial charge is 0.462 e. The van der Waals surface area contributed by atoms with E-state index in [4.69, 9.17) is 10.5 Å². The second-order valence-corrected chi connectivity index (χ2v) is 5.97. The lowest BCUT2D eigenvalue weighted by molar-refractivity contribution is 0.0527. The molecule has 6 heteroatoms. The molecular weight excluding hydrogens is 286 g/mol. The first kappa shape index (κ1) is 13.9. The van der Waals surface area contributed by atoms with Crippen molar-refractivity contribution in [2.24, 2.45) is 0 Å². The molecule has 0 atom stereocenters. The Morgan fingerprint density at radius 1 is 1.48 bits per heavy atom. The molecule has 0 saturated heterocycles. The number of aromatic nitrogens is 1. The average molecular weight is 303 g/mol. The van der Waals surface area contributed by atoms with Crippen molar-refractivity contribution in [3.05, 3.63) is 34.3 Å². The summed E-state index contributed by atoms with van der Waals surface area (Å²) in [7, 11) is 0. The van der Waals surface area contributed by atoms with E-state index < -0.39 is 5.97 Å². The Balaban J connectivity index is 1.81. The van der Waals surface area contributed by atoms with Crippen LogP contribution in [0, 0.1) is 0 Å². The Bertz CT molecular complexity index is 660. The minimum atomic E-state index is -0.403. The van der Waals surface area contributed by atoms with Crippen molar-refractivity contribution < 1.29 is 9.53 Å². The number of thiazole rings is 1. The minimum Gasteiger partial charge on any atom is -0.462 e. The van der Waals surface area contributed by atoms with Gasteiger partial charge in [-0.05, 0) is 44.4 Å². The summed E-state index contributed by atoms with van der Waals surface area (Å²) < 4.78 is 5.00. The summed E-state index contributed by atoms with van der Waals surface area (Å²) in [5, 5.41) is 4.10. The van der Waals surface area contributed by atoms with Crippen LogP contribution in [0.4, 0.5) is 16.5 Å². The van der Waals surface area contributed by atoms with Gasteiger partial charge in [0.2, 0.25) is 0 Å². The Labute approximate surface area is 127 Å². The number of nitrogens with two attached hydrogens (primary N) is 1. The number of hydrogen-bond donors (Lipinski definition) is 2. The summed E-state index contributed by atoms with van der Waals surface area (Å²) in [4.78, 5) is 17.8. The quantitative estimate of drug-likeness (QED) is 0.670. The number of nitrogen functional groups attached to an aromatic ring is 1.